The van der Waals surface area contributed by atoms with Gasteiger partial charge in [-0.05, 0) is 130 Å². The lowest BCUT2D eigenvalue weighted by molar-refractivity contribution is 0.809. The lowest BCUT2D eigenvalue weighted by Gasteiger charge is -2.33. The Morgan fingerprint density at radius 1 is 0.290 bits per heavy atom. The summed E-state index contributed by atoms with van der Waals surface area (Å²) in [6.45, 7) is 0. The highest BCUT2D eigenvalue weighted by atomic mass is 15.1. The molecule has 0 atom stereocenters. The summed E-state index contributed by atoms with van der Waals surface area (Å²) >= 11 is 0. The largest absolute Gasteiger partial charge is 0.310 e. The van der Waals surface area contributed by atoms with Gasteiger partial charge in [0.15, 0.2) is 0 Å². The predicted octanol–water partition coefficient (Wildman–Crippen LogP) is 16.3. The van der Waals surface area contributed by atoms with Gasteiger partial charge in [0.2, 0.25) is 0 Å². The highest BCUT2D eigenvalue weighted by Gasteiger charge is 2.53. The average Bonchev–Trinajstić information content (AvgIpc) is 3.83. The minimum Gasteiger partial charge on any atom is -0.310 e. The molecule has 0 aliphatic heterocycles. The molecule has 0 radical (unpaired) electrons. The molecule has 1 heteroatoms. The molecular formula is C61H39N. The maximum Gasteiger partial charge on any atom is 0.0737 e. The van der Waals surface area contributed by atoms with E-state index in [0.717, 1.165) is 17.1 Å². The SMILES string of the molecule is c1ccc(-c2ccc(N(c3ccccc3)c3ccc4c5c(ccc4c3)-c3c(c4ccccc4c4ccccc34)C53c4ccccc4-c4ccccc43)c(-c3ccccc3)c2)cc1. The maximum atomic E-state index is 2.44. The van der Waals surface area contributed by atoms with Crippen LogP contribution in [0.4, 0.5) is 17.1 Å². The molecule has 11 aromatic carbocycles. The van der Waals surface area contributed by atoms with E-state index >= 15 is 0 Å². The fourth-order valence-electron chi connectivity index (χ4n) is 11.2. The summed E-state index contributed by atoms with van der Waals surface area (Å²) in [5.74, 6) is 0. The van der Waals surface area contributed by atoms with E-state index < -0.39 is 5.41 Å². The van der Waals surface area contributed by atoms with E-state index in [0.29, 0.717) is 0 Å². The Bertz CT molecular complexity index is 3520. The van der Waals surface area contributed by atoms with E-state index in [1.807, 2.05) is 0 Å². The van der Waals surface area contributed by atoms with Crippen LogP contribution in [-0.4, -0.2) is 0 Å². The number of fused-ring (bicyclic) bond motifs is 17. The highest BCUT2D eigenvalue weighted by molar-refractivity contribution is 6.21. The van der Waals surface area contributed by atoms with E-state index in [1.165, 1.54) is 99.1 Å². The Morgan fingerprint density at radius 2 is 0.855 bits per heavy atom. The van der Waals surface area contributed by atoms with E-state index in [9.17, 15) is 0 Å². The Kier molecular flexibility index (Phi) is 7.59. The van der Waals surface area contributed by atoms with Gasteiger partial charge in [-0.1, -0.05) is 200 Å². The first-order chi connectivity index (χ1) is 30.8. The van der Waals surface area contributed by atoms with Crippen LogP contribution in [0, 0.1) is 0 Å². The average molecular weight is 786 g/mol. The Labute approximate surface area is 361 Å². The van der Waals surface area contributed by atoms with Crippen LogP contribution in [0.1, 0.15) is 22.3 Å². The van der Waals surface area contributed by atoms with E-state index in [4.69, 9.17) is 0 Å². The predicted molar refractivity (Wildman–Crippen MR) is 261 cm³/mol. The second kappa shape index (κ2) is 13.5. The highest BCUT2D eigenvalue weighted by Crippen LogP contribution is 2.66. The van der Waals surface area contributed by atoms with Crippen LogP contribution < -0.4 is 4.90 Å². The molecule has 1 nitrogen and oxygen atoms in total. The standard InChI is InChI=1S/C61H39N/c1-4-18-40(19-5-1)42-33-37-57(54(39-42)41-20-6-2-7-21-41)62(44-22-8-3-9-23-44)45-34-36-46-43(38-45)32-35-53-58-51-28-12-10-24-47(51)48-25-11-13-29-52(48)60(58)61(59(46)53)55-30-16-14-26-49(55)50-27-15-17-31-56(50)61/h1-39H. The second-order valence-electron chi connectivity index (χ2n) is 16.7. The molecule has 13 rings (SSSR count). The number of rotatable bonds is 5. The molecule has 0 saturated heterocycles. The van der Waals surface area contributed by atoms with E-state index in [1.54, 1.807) is 0 Å². The Balaban J connectivity index is 1.11. The van der Waals surface area contributed by atoms with Crippen LogP contribution in [0.15, 0.2) is 237 Å². The van der Waals surface area contributed by atoms with Gasteiger partial charge < -0.3 is 4.90 Å². The summed E-state index contributed by atoms with van der Waals surface area (Å²) in [7, 11) is 0. The van der Waals surface area contributed by atoms with Gasteiger partial charge in [0.1, 0.15) is 0 Å². The van der Waals surface area contributed by atoms with Crippen LogP contribution in [-0.2, 0) is 5.41 Å². The summed E-state index contributed by atoms with van der Waals surface area (Å²) in [6.07, 6.45) is 0. The molecule has 2 aliphatic carbocycles. The first-order valence-corrected chi connectivity index (χ1v) is 21.6. The molecule has 0 bridgehead atoms. The molecule has 0 unspecified atom stereocenters. The van der Waals surface area contributed by atoms with E-state index in [-0.39, 0.29) is 0 Å². The number of nitrogens with zero attached hydrogens (tertiary/aromatic N) is 1. The van der Waals surface area contributed by atoms with Crippen LogP contribution in [0.5, 0.6) is 0 Å². The molecule has 1 spiro atoms. The number of hydrogen-bond donors (Lipinski definition) is 0. The van der Waals surface area contributed by atoms with Gasteiger partial charge in [0.05, 0.1) is 11.1 Å². The topological polar surface area (TPSA) is 3.24 Å². The molecule has 62 heavy (non-hydrogen) atoms. The van der Waals surface area contributed by atoms with Gasteiger partial charge in [-0.25, -0.2) is 0 Å². The molecule has 0 fully saturated rings. The van der Waals surface area contributed by atoms with Gasteiger partial charge in [-0.2, -0.15) is 0 Å². The summed E-state index contributed by atoms with van der Waals surface area (Å²) in [5.41, 5.74) is 18.4. The Hall–Kier alpha value is -8.00. The van der Waals surface area contributed by atoms with Crippen molar-refractivity contribution in [2.45, 2.75) is 5.41 Å². The van der Waals surface area contributed by atoms with Crippen molar-refractivity contribution < 1.29 is 0 Å². The zero-order valence-corrected chi connectivity index (χ0v) is 34.0. The number of hydrogen-bond acceptors (Lipinski definition) is 1. The van der Waals surface area contributed by atoms with Crippen molar-refractivity contribution in [3.05, 3.63) is 259 Å². The van der Waals surface area contributed by atoms with Crippen molar-refractivity contribution in [3.63, 3.8) is 0 Å². The monoisotopic (exact) mass is 785 g/mol. The van der Waals surface area contributed by atoms with Crippen molar-refractivity contribution in [2.24, 2.45) is 0 Å². The van der Waals surface area contributed by atoms with Gasteiger partial charge in [-0.3, -0.25) is 0 Å². The molecule has 2 aliphatic rings. The molecule has 288 valence electrons. The third-order valence-electron chi connectivity index (χ3n) is 13.6. The third-order valence-corrected chi connectivity index (χ3v) is 13.6. The van der Waals surface area contributed by atoms with Gasteiger partial charge in [0.25, 0.3) is 0 Å². The summed E-state index contributed by atoms with van der Waals surface area (Å²) in [5, 5.41) is 7.71. The van der Waals surface area contributed by atoms with E-state index in [2.05, 4.69) is 241 Å². The van der Waals surface area contributed by atoms with Crippen LogP contribution in [0.3, 0.4) is 0 Å². The lowest BCUT2D eigenvalue weighted by Crippen LogP contribution is -2.26. The summed E-state index contributed by atoms with van der Waals surface area (Å²) < 4.78 is 0. The molecule has 0 aromatic heterocycles. The smallest absolute Gasteiger partial charge is 0.0737 e. The van der Waals surface area contributed by atoms with Crippen LogP contribution >= 0.6 is 0 Å². The van der Waals surface area contributed by atoms with Gasteiger partial charge in [0, 0.05) is 16.9 Å². The van der Waals surface area contributed by atoms with Crippen molar-refractivity contribution in [2.75, 3.05) is 4.90 Å². The van der Waals surface area contributed by atoms with Crippen LogP contribution in [0.2, 0.25) is 0 Å². The molecule has 0 amide bonds. The summed E-state index contributed by atoms with van der Waals surface area (Å²) in [4.78, 5) is 2.44. The number of para-hydroxylation sites is 1. The van der Waals surface area contributed by atoms with Gasteiger partial charge in [-0.15, -0.1) is 0 Å². The maximum absolute atomic E-state index is 2.44. The molecule has 11 aromatic rings. The lowest BCUT2D eigenvalue weighted by atomic mass is 9.68. The van der Waals surface area contributed by atoms with Crippen molar-refractivity contribution in [1.82, 2.24) is 0 Å². The quantitative estimate of drug-likeness (QED) is 0.157. The minimum absolute atomic E-state index is 0.518. The second-order valence-corrected chi connectivity index (χ2v) is 16.7. The Morgan fingerprint density at radius 3 is 1.55 bits per heavy atom. The fourth-order valence-corrected chi connectivity index (χ4v) is 11.2. The first-order valence-electron chi connectivity index (χ1n) is 21.6. The molecular weight excluding hydrogens is 747 g/mol. The molecule has 0 N–H and O–H groups in total. The normalized spacial score (nSPS) is 13.0. The van der Waals surface area contributed by atoms with Crippen molar-refractivity contribution in [3.8, 4) is 44.5 Å². The molecule has 0 saturated carbocycles. The molecule has 0 heterocycles. The number of anilines is 3. The number of benzene rings is 11. The van der Waals surface area contributed by atoms with Crippen LogP contribution in [0.25, 0.3) is 76.8 Å². The third kappa shape index (κ3) is 4.85. The van der Waals surface area contributed by atoms with Crippen molar-refractivity contribution >= 4 is 49.4 Å². The fraction of sp³-hybridized carbons (Fsp3) is 0.0164. The van der Waals surface area contributed by atoms with Crippen molar-refractivity contribution in [1.29, 1.82) is 0 Å². The minimum atomic E-state index is -0.518. The van der Waals surface area contributed by atoms with Gasteiger partial charge >= 0.3 is 0 Å². The zero-order valence-electron chi connectivity index (χ0n) is 34.0. The first kappa shape index (κ1) is 34.8. The summed E-state index contributed by atoms with van der Waals surface area (Å²) in [6, 6.07) is 87.7. The zero-order chi connectivity index (χ0) is 40.8.